The number of ether oxygens (including phenoxy) is 1. The van der Waals surface area contributed by atoms with E-state index in [0.29, 0.717) is 24.3 Å². The van der Waals surface area contributed by atoms with Crippen LogP contribution in [0.5, 0.6) is 0 Å². The molecule has 158 valence electrons. The van der Waals surface area contributed by atoms with Crippen molar-refractivity contribution in [1.29, 1.82) is 0 Å². The van der Waals surface area contributed by atoms with Crippen molar-refractivity contribution in [2.75, 3.05) is 13.7 Å². The lowest BCUT2D eigenvalue weighted by atomic mass is 10.1. The van der Waals surface area contributed by atoms with Gasteiger partial charge >= 0.3 is 0 Å². The van der Waals surface area contributed by atoms with Crippen LogP contribution in [-0.4, -0.2) is 38.1 Å². The monoisotopic (exact) mass is 421 g/mol. The maximum absolute atomic E-state index is 12.7. The Morgan fingerprint density at radius 1 is 1.14 bits per heavy atom. The average Bonchev–Trinajstić information content (AvgIpc) is 2.63. The van der Waals surface area contributed by atoms with Gasteiger partial charge in [0, 0.05) is 38.0 Å². The molecule has 0 aliphatic rings. The molecule has 9 heteroatoms. The molecule has 2 rings (SSSR count). The van der Waals surface area contributed by atoms with Crippen molar-refractivity contribution in [3.63, 3.8) is 0 Å². The molecule has 0 atom stereocenters. The second-order valence-corrected chi connectivity index (χ2v) is 9.24. The third kappa shape index (κ3) is 6.52. The minimum absolute atomic E-state index is 0.0251. The van der Waals surface area contributed by atoms with E-state index in [1.165, 1.54) is 36.1 Å². The molecule has 0 aliphatic carbocycles. The maximum atomic E-state index is 12.7. The fourth-order valence-corrected chi connectivity index (χ4v) is 4.34. The topological polar surface area (TPSA) is 106 Å². The first-order valence-corrected chi connectivity index (χ1v) is 10.6. The lowest BCUT2D eigenvalue weighted by Crippen LogP contribution is -2.41. The Kier molecular flexibility index (Phi) is 7.34. The van der Waals surface area contributed by atoms with Gasteiger partial charge in [-0.25, -0.2) is 13.1 Å². The zero-order valence-electron chi connectivity index (χ0n) is 17.1. The number of aromatic nitrogens is 1. The van der Waals surface area contributed by atoms with Gasteiger partial charge < -0.3 is 14.6 Å². The Bertz CT molecular complexity index is 1020. The second kappa shape index (κ2) is 9.34. The molecular weight excluding hydrogens is 394 g/mol. The van der Waals surface area contributed by atoms with Gasteiger partial charge in [-0.15, -0.1) is 0 Å². The number of nitrogens with one attached hydrogen (secondary N) is 2. The van der Waals surface area contributed by atoms with Crippen LogP contribution in [0.3, 0.4) is 0 Å². The Hall–Kier alpha value is -2.49. The molecular formula is C20H27N3O5S. The fraction of sp³-hybridized carbons (Fsp3) is 0.400. The quantitative estimate of drug-likeness (QED) is 0.672. The first-order chi connectivity index (χ1) is 13.5. The zero-order chi connectivity index (χ0) is 21.7. The minimum atomic E-state index is -3.74. The van der Waals surface area contributed by atoms with Crippen LogP contribution in [0.2, 0.25) is 0 Å². The summed E-state index contributed by atoms with van der Waals surface area (Å²) in [6.07, 6.45) is 1.46. The van der Waals surface area contributed by atoms with Crippen molar-refractivity contribution in [2.24, 2.45) is 0 Å². The van der Waals surface area contributed by atoms with E-state index >= 15 is 0 Å². The number of pyridine rings is 1. The summed E-state index contributed by atoms with van der Waals surface area (Å²) in [5.41, 5.74) is -0.104. The van der Waals surface area contributed by atoms with Gasteiger partial charge in [-0.2, -0.15) is 0 Å². The van der Waals surface area contributed by atoms with E-state index in [2.05, 4.69) is 10.0 Å². The molecule has 0 saturated carbocycles. The highest BCUT2D eigenvalue weighted by Gasteiger charge is 2.24. The SMILES string of the molecule is COCCn1cc(C(=O)NCc2ccccc2S(=O)(=O)NC(C)(C)C)ccc1=O. The highest BCUT2D eigenvalue weighted by molar-refractivity contribution is 7.89. The number of amides is 1. The molecule has 29 heavy (non-hydrogen) atoms. The molecule has 0 saturated heterocycles. The molecule has 1 aromatic heterocycles. The Labute approximate surface area is 170 Å². The lowest BCUT2D eigenvalue weighted by Gasteiger charge is -2.21. The largest absolute Gasteiger partial charge is 0.383 e. The third-order valence-corrected chi connectivity index (χ3v) is 5.78. The van der Waals surface area contributed by atoms with Gasteiger partial charge in [0.15, 0.2) is 0 Å². The number of methoxy groups -OCH3 is 1. The smallest absolute Gasteiger partial charge is 0.253 e. The summed E-state index contributed by atoms with van der Waals surface area (Å²) in [6.45, 7) is 5.97. The van der Waals surface area contributed by atoms with Crippen molar-refractivity contribution < 1.29 is 17.9 Å². The van der Waals surface area contributed by atoms with E-state index in [-0.39, 0.29) is 17.0 Å². The van der Waals surface area contributed by atoms with Crippen molar-refractivity contribution in [3.8, 4) is 0 Å². The van der Waals surface area contributed by atoms with Crippen LogP contribution in [0.1, 0.15) is 36.7 Å². The zero-order valence-corrected chi connectivity index (χ0v) is 17.9. The van der Waals surface area contributed by atoms with Gasteiger partial charge in [-0.1, -0.05) is 18.2 Å². The van der Waals surface area contributed by atoms with Gasteiger partial charge in [0.2, 0.25) is 10.0 Å². The number of nitrogens with zero attached hydrogens (tertiary/aromatic N) is 1. The number of benzene rings is 1. The normalized spacial score (nSPS) is 12.0. The van der Waals surface area contributed by atoms with Gasteiger partial charge in [0.25, 0.3) is 11.5 Å². The standard InChI is InChI=1S/C20H27N3O5S/c1-20(2,3)22-29(26,27)17-8-6-5-7-15(17)13-21-19(25)16-9-10-18(24)23(14-16)11-12-28-4/h5-10,14,22H,11-13H2,1-4H3,(H,21,25). The molecule has 0 radical (unpaired) electrons. The van der Waals surface area contributed by atoms with E-state index in [4.69, 9.17) is 4.74 Å². The van der Waals surface area contributed by atoms with Crippen LogP contribution in [0.15, 0.2) is 52.3 Å². The fourth-order valence-electron chi connectivity index (χ4n) is 2.68. The summed E-state index contributed by atoms with van der Waals surface area (Å²) in [6, 6.07) is 9.25. The van der Waals surface area contributed by atoms with Crippen molar-refractivity contribution in [1.82, 2.24) is 14.6 Å². The van der Waals surface area contributed by atoms with Crippen LogP contribution in [0.25, 0.3) is 0 Å². The molecule has 0 aliphatic heterocycles. The number of carbonyl (C=O) groups is 1. The Morgan fingerprint density at radius 3 is 2.48 bits per heavy atom. The summed E-state index contributed by atoms with van der Waals surface area (Å²) in [7, 11) is -2.22. The van der Waals surface area contributed by atoms with Crippen LogP contribution >= 0.6 is 0 Å². The first kappa shape index (κ1) is 22.8. The molecule has 8 nitrogen and oxygen atoms in total. The summed E-state index contributed by atoms with van der Waals surface area (Å²) in [4.78, 5) is 24.5. The van der Waals surface area contributed by atoms with Crippen LogP contribution in [0.4, 0.5) is 0 Å². The minimum Gasteiger partial charge on any atom is -0.383 e. The highest BCUT2D eigenvalue weighted by Crippen LogP contribution is 2.18. The van der Waals surface area contributed by atoms with E-state index in [9.17, 15) is 18.0 Å². The highest BCUT2D eigenvalue weighted by atomic mass is 32.2. The second-order valence-electron chi connectivity index (χ2n) is 7.59. The Balaban J connectivity index is 2.19. The van der Waals surface area contributed by atoms with E-state index < -0.39 is 21.5 Å². The predicted octanol–water partition coefficient (Wildman–Crippen LogP) is 1.50. The average molecular weight is 422 g/mol. The van der Waals surface area contributed by atoms with Gasteiger partial charge in [-0.3, -0.25) is 9.59 Å². The molecule has 1 heterocycles. The molecule has 1 amide bonds. The molecule has 0 unspecified atom stereocenters. The summed E-state index contributed by atoms with van der Waals surface area (Å²) < 4.78 is 34.4. The molecule has 0 spiro atoms. The molecule has 0 fully saturated rings. The molecule has 2 aromatic rings. The van der Waals surface area contributed by atoms with Gasteiger partial charge in [0.1, 0.15) is 0 Å². The lowest BCUT2D eigenvalue weighted by molar-refractivity contribution is 0.0949. The van der Waals surface area contributed by atoms with E-state index in [1.807, 2.05) is 0 Å². The molecule has 0 bridgehead atoms. The summed E-state index contributed by atoms with van der Waals surface area (Å²) in [5, 5.41) is 2.72. The van der Waals surface area contributed by atoms with Crippen LogP contribution in [0, 0.1) is 0 Å². The van der Waals surface area contributed by atoms with E-state index in [1.54, 1.807) is 39.0 Å². The van der Waals surface area contributed by atoms with Crippen LogP contribution < -0.4 is 15.6 Å². The number of rotatable bonds is 8. The summed E-state index contributed by atoms with van der Waals surface area (Å²) in [5.74, 6) is -0.410. The predicted molar refractivity (Wildman–Crippen MR) is 110 cm³/mol. The number of hydrogen-bond donors (Lipinski definition) is 2. The third-order valence-electron chi connectivity index (χ3n) is 3.92. The Morgan fingerprint density at radius 2 is 1.83 bits per heavy atom. The first-order valence-electron chi connectivity index (χ1n) is 9.13. The molecule has 1 aromatic carbocycles. The number of hydrogen-bond acceptors (Lipinski definition) is 5. The van der Waals surface area contributed by atoms with Crippen molar-refractivity contribution in [3.05, 3.63) is 64.1 Å². The molecule has 2 N–H and O–H groups in total. The van der Waals surface area contributed by atoms with Gasteiger partial charge in [0.05, 0.1) is 17.1 Å². The van der Waals surface area contributed by atoms with Crippen molar-refractivity contribution >= 4 is 15.9 Å². The number of carbonyl (C=O) groups excluding carboxylic acids is 1. The number of sulfonamides is 1. The van der Waals surface area contributed by atoms with Gasteiger partial charge in [-0.05, 0) is 38.5 Å². The maximum Gasteiger partial charge on any atom is 0.253 e. The summed E-state index contributed by atoms with van der Waals surface area (Å²) >= 11 is 0. The van der Waals surface area contributed by atoms with Crippen LogP contribution in [-0.2, 0) is 27.8 Å². The van der Waals surface area contributed by atoms with Crippen molar-refractivity contribution in [2.45, 2.75) is 44.3 Å². The van der Waals surface area contributed by atoms with E-state index in [0.717, 1.165) is 0 Å².